The molecule has 70 valence electrons. The van der Waals surface area contributed by atoms with Gasteiger partial charge in [0, 0.05) is 12.3 Å². The van der Waals surface area contributed by atoms with Crippen LogP contribution in [0, 0.1) is 0 Å². The van der Waals surface area contributed by atoms with Crippen LogP contribution >= 0.6 is 34.0 Å². The molecule has 1 aromatic heterocycles. The predicted octanol–water partition coefficient (Wildman–Crippen LogP) is 1.44. The number of aromatic hydroxyl groups is 1. The molecule has 3 nitrogen and oxygen atoms in total. The third-order valence-electron chi connectivity index (χ3n) is 1.24. The molecule has 0 bridgehead atoms. The second kappa shape index (κ2) is 7.52. The summed E-state index contributed by atoms with van der Waals surface area (Å²) in [7, 11) is 0. The zero-order valence-electron chi connectivity index (χ0n) is 6.43. The van der Waals surface area contributed by atoms with Crippen LogP contribution in [-0.4, -0.2) is 16.6 Å². The van der Waals surface area contributed by atoms with Crippen LogP contribution in [0.1, 0.15) is 5.56 Å². The van der Waals surface area contributed by atoms with Gasteiger partial charge in [0.05, 0.1) is 0 Å². The van der Waals surface area contributed by atoms with Gasteiger partial charge in [-0.2, -0.15) is 0 Å². The van der Waals surface area contributed by atoms with Crippen LogP contribution in [0.15, 0.2) is 18.3 Å². The molecule has 0 aromatic carbocycles. The summed E-state index contributed by atoms with van der Waals surface area (Å²) >= 11 is 0. The Kier molecular flexibility index (Phi) is 9.02. The zero-order valence-corrected chi connectivity index (χ0v) is 9.86. The van der Waals surface area contributed by atoms with Crippen LogP contribution in [0.25, 0.3) is 0 Å². The molecule has 0 atom stereocenters. The van der Waals surface area contributed by atoms with Crippen LogP contribution < -0.4 is 5.73 Å². The lowest BCUT2D eigenvalue weighted by Gasteiger charge is -1.96. The van der Waals surface area contributed by atoms with E-state index in [1.54, 1.807) is 12.3 Å². The topological polar surface area (TPSA) is 59.1 Å². The Balaban J connectivity index is 0. The van der Waals surface area contributed by atoms with Crippen molar-refractivity contribution in [2.75, 3.05) is 6.54 Å². The smallest absolute Gasteiger partial charge is 0.210 e. The largest absolute Gasteiger partial charge is 0.493 e. The minimum atomic E-state index is 0. The number of pyridine rings is 1. The molecule has 0 amide bonds. The summed E-state index contributed by atoms with van der Waals surface area (Å²) in [6.45, 7) is 0.601. The third kappa shape index (κ3) is 4.69. The second-order valence-corrected chi connectivity index (χ2v) is 2.06. The first-order valence-electron chi connectivity index (χ1n) is 3.17. The van der Waals surface area contributed by atoms with Gasteiger partial charge in [-0.3, -0.25) is 0 Å². The maximum atomic E-state index is 8.89. The van der Waals surface area contributed by atoms with Gasteiger partial charge < -0.3 is 10.8 Å². The Morgan fingerprint density at radius 1 is 1.42 bits per heavy atom. The Morgan fingerprint density at radius 2 is 2.08 bits per heavy atom. The van der Waals surface area contributed by atoms with Crippen molar-refractivity contribution in [2.24, 2.45) is 5.73 Å². The highest BCUT2D eigenvalue weighted by Crippen LogP contribution is 2.06. The van der Waals surface area contributed by atoms with Crippen molar-refractivity contribution in [3.05, 3.63) is 23.9 Å². The van der Waals surface area contributed by atoms with E-state index in [1.807, 2.05) is 6.07 Å². The highest BCUT2D eigenvalue weighted by atomic mass is 79.9. The summed E-state index contributed by atoms with van der Waals surface area (Å²) in [5.41, 5.74) is 6.33. The highest BCUT2D eigenvalue weighted by Gasteiger charge is 1.91. The summed E-state index contributed by atoms with van der Waals surface area (Å²) < 4.78 is 0. The van der Waals surface area contributed by atoms with E-state index in [0.717, 1.165) is 12.0 Å². The third-order valence-corrected chi connectivity index (χ3v) is 1.24. The van der Waals surface area contributed by atoms with Gasteiger partial charge >= 0.3 is 0 Å². The SMILES string of the molecule is Br.Br.NCCc1ccnc(O)c1. The molecule has 5 heteroatoms. The molecule has 0 radical (unpaired) electrons. The molecule has 3 N–H and O–H groups in total. The van der Waals surface area contributed by atoms with Crippen molar-refractivity contribution in [2.45, 2.75) is 6.42 Å². The maximum Gasteiger partial charge on any atom is 0.210 e. The lowest BCUT2D eigenvalue weighted by atomic mass is 10.2. The van der Waals surface area contributed by atoms with Gasteiger partial charge in [-0.1, -0.05) is 0 Å². The minimum absolute atomic E-state index is 0. The quantitative estimate of drug-likeness (QED) is 0.869. The molecule has 1 rings (SSSR count). The first-order chi connectivity index (χ1) is 4.83. The number of rotatable bonds is 2. The predicted molar refractivity (Wildman–Crippen MR) is 59.3 cm³/mol. The van der Waals surface area contributed by atoms with Gasteiger partial charge in [-0.15, -0.1) is 34.0 Å². The Labute approximate surface area is 92.5 Å². The van der Waals surface area contributed by atoms with Crippen molar-refractivity contribution in [1.29, 1.82) is 0 Å². The summed E-state index contributed by atoms with van der Waals surface area (Å²) in [6.07, 6.45) is 2.36. The lowest BCUT2D eigenvalue weighted by Crippen LogP contribution is -2.02. The first kappa shape index (κ1) is 14.4. The number of hydrogen-bond donors (Lipinski definition) is 2. The average molecular weight is 300 g/mol. The molecule has 1 aromatic rings. The first-order valence-corrected chi connectivity index (χ1v) is 3.17. The van der Waals surface area contributed by atoms with Crippen LogP contribution in [0.3, 0.4) is 0 Å². The fraction of sp³-hybridized carbons (Fsp3) is 0.286. The van der Waals surface area contributed by atoms with Crippen LogP contribution in [0.4, 0.5) is 0 Å². The van der Waals surface area contributed by atoms with Crippen LogP contribution in [-0.2, 0) is 6.42 Å². The van der Waals surface area contributed by atoms with Gasteiger partial charge in [-0.25, -0.2) is 4.98 Å². The summed E-state index contributed by atoms with van der Waals surface area (Å²) in [4.78, 5) is 3.64. The summed E-state index contributed by atoms with van der Waals surface area (Å²) in [5, 5.41) is 8.89. The minimum Gasteiger partial charge on any atom is -0.493 e. The fourth-order valence-corrected chi connectivity index (χ4v) is 0.783. The summed E-state index contributed by atoms with van der Waals surface area (Å²) in [6, 6.07) is 3.46. The van der Waals surface area contributed by atoms with E-state index in [4.69, 9.17) is 10.8 Å². The molecule has 0 saturated carbocycles. The number of halogens is 2. The number of hydrogen-bond acceptors (Lipinski definition) is 3. The van der Waals surface area contributed by atoms with Crippen molar-refractivity contribution in [3.8, 4) is 5.88 Å². The van der Waals surface area contributed by atoms with Gasteiger partial charge in [0.25, 0.3) is 0 Å². The Morgan fingerprint density at radius 3 is 2.58 bits per heavy atom. The van der Waals surface area contributed by atoms with Gasteiger partial charge in [-0.05, 0) is 24.6 Å². The van der Waals surface area contributed by atoms with Crippen LogP contribution in [0.2, 0.25) is 0 Å². The lowest BCUT2D eigenvalue weighted by molar-refractivity contribution is 0.452. The van der Waals surface area contributed by atoms with Crippen LogP contribution in [0.5, 0.6) is 5.88 Å². The van der Waals surface area contributed by atoms with E-state index in [0.29, 0.717) is 6.54 Å². The van der Waals surface area contributed by atoms with Crippen molar-refractivity contribution >= 4 is 34.0 Å². The van der Waals surface area contributed by atoms with E-state index in [1.165, 1.54) is 0 Å². The molecule has 0 unspecified atom stereocenters. The molecular formula is C7H12Br2N2O. The van der Waals surface area contributed by atoms with Gasteiger partial charge in [0.15, 0.2) is 0 Å². The van der Waals surface area contributed by atoms with E-state index >= 15 is 0 Å². The Hall–Kier alpha value is -0.130. The molecule has 0 aliphatic rings. The highest BCUT2D eigenvalue weighted by molar-refractivity contribution is 8.93. The molecule has 0 aliphatic heterocycles. The van der Waals surface area contributed by atoms with E-state index in [2.05, 4.69) is 4.98 Å². The normalized spacial score (nSPS) is 8.08. The van der Waals surface area contributed by atoms with E-state index < -0.39 is 0 Å². The molecule has 0 spiro atoms. The van der Waals surface area contributed by atoms with Crippen molar-refractivity contribution in [3.63, 3.8) is 0 Å². The Bertz CT molecular complexity index is 220. The molecule has 0 aliphatic carbocycles. The molecule has 1 heterocycles. The number of aromatic nitrogens is 1. The van der Waals surface area contributed by atoms with Gasteiger partial charge in [0.2, 0.25) is 5.88 Å². The molecule has 0 fully saturated rings. The van der Waals surface area contributed by atoms with Gasteiger partial charge in [0.1, 0.15) is 0 Å². The molecule has 12 heavy (non-hydrogen) atoms. The number of nitrogens with two attached hydrogens (primary N) is 1. The zero-order chi connectivity index (χ0) is 7.40. The van der Waals surface area contributed by atoms with E-state index in [-0.39, 0.29) is 39.8 Å². The van der Waals surface area contributed by atoms with Crippen molar-refractivity contribution in [1.82, 2.24) is 4.98 Å². The number of nitrogens with zero attached hydrogens (tertiary/aromatic N) is 1. The monoisotopic (exact) mass is 298 g/mol. The molecular weight excluding hydrogens is 288 g/mol. The maximum absolute atomic E-state index is 8.89. The van der Waals surface area contributed by atoms with Crippen molar-refractivity contribution < 1.29 is 5.11 Å². The second-order valence-electron chi connectivity index (χ2n) is 2.06. The standard InChI is InChI=1S/C7H10N2O.2BrH/c8-3-1-6-2-4-9-7(10)5-6;;/h2,4-5H,1,3,8H2,(H,9,10);2*1H. The van der Waals surface area contributed by atoms with E-state index in [9.17, 15) is 0 Å². The molecule has 0 saturated heterocycles. The summed E-state index contributed by atoms with van der Waals surface area (Å²) in [5.74, 6) is 0.0611. The fourth-order valence-electron chi connectivity index (χ4n) is 0.783. The average Bonchev–Trinajstić information content (AvgIpc) is 1.88.